The predicted molar refractivity (Wildman–Crippen MR) is 163 cm³/mol. The van der Waals surface area contributed by atoms with Gasteiger partial charge >= 0.3 is 0 Å². The number of halogens is 1. The Hall–Kier alpha value is -3.24. The molecule has 0 bridgehead atoms. The van der Waals surface area contributed by atoms with E-state index in [9.17, 15) is 9.59 Å². The fraction of sp³-hybridized carbons (Fsp3) is 0.129. The van der Waals surface area contributed by atoms with Crippen LogP contribution in [-0.2, 0) is 6.54 Å². The first-order chi connectivity index (χ1) is 18.5. The highest BCUT2D eigenvalue weighted by atomic mass is 35.5. The van der Waals surface area contributed by atoms with Crippen molar-refractivity contribution in [2.24, 2.45) is 4.76 Å². The summed E-state index contributed by atoms with van der Waals surface area (Å²) in [6.07, 6.45) is 0.542. The quantitative estimate of drug-likeness (QED) is 0.0794. The Morgan fingerprint density at radius 2 is 1.47 bits per heavy atom. The molecule has 0 saturated heterocycles. The van der Waals surface area contributed by atoms with Gasteiger partial charge in [-0.25, -0.2) is 0 Å². The third-order valence-corrected chi connectivity index (χ3v) is 8.16. The Kier molecular flexibility index (Phi) is 8.09. The highest BCUT2D eigenvalue weighted by Crippen LogP contribution is 2.32. The molecule has 5 rings (SSSR count). The molecule has 0 spiro atoms. The highest BCUT2D eigenvalue weighted by Gasteiger charge is 2.18. The van der Waals surface area contributed by atoms with E-state index in [0.717, 1.165) is 39.0 Å². The van der Waals surface area contributed by atoms with Crippen molar-refractivity contribution in [1.82, 2.24) is 4.57 Å². The normalized spacial score (nSPS) is 11.8. The average Bonchev–Trinajstić information content (AvgIpc) is 3.28. The summed E-state index contributed by atoms with van der Waals surface area (Å²) in [5, 5.41) is 2.61. The molecule has 0 aliphatic rings. The standard InChI is InChI=1S/C31H26ClN2O2PS/c1-2-34-28-14-8-21(30(35)20-6-4-3-5-7-20)18-25(28)26-19-22(9-15-29(26)34)31(36)27(33-37)16-17-38-24-12-10-23(32)11-13-24/h3-15,18-19H,2,16-17,37H2,1H3/b33-27+. The van der Waals surface area contributed by atoms with Gasteiger partial charge in [-0.1, -0.05) is 41.9 Å². The first-order valence-corrected chi connectivity index (χ1v) is 14.2. The van der Waals surface area contributed by atoms with Crippen molar-refractivity contribution < 1.29 is 9.59 Å². The van der Waals surface area contributed by atoms with E-state index in [2.05, 4.69) is 25.6 Å². The van der Waals surface area contributed by atoms with Crippen LogP contribution in [0.4, 0.5) is 0 Å². The van der Waals surface area contributed by atoms with Gasteiger partial charge in [-0.3, -0.25) is 14.4 Å². The molecule has 0 amide bonds. The van der Waals surface area contributed by atoms with Gasteiger partial charge in [0.2, 0.25) is 5.78 Å². The highest BCUT2D eigenvalue weighted by molar-refractivity contribution is 7.99. The summed E-state index contributed by atoms with van der Waals surface area (Å²) in [5.41, 5.74) is 4.45. The van der Waals surface area contributed by atoms with Crippen LogP contribution in [0.1, 0.15) is 39.6 Å². The molecule has 1 aromatic heterocycles. The Labute approximate surface area is 233 Å². The number of hydrogen-bond acceptors (Lipinski definition) is 4. The Bertz CT molecular complexity index is 1680. The third kappa shape index (κ3) is 5.33. The SMILES string of the molecule is CCn1c2ccc(C(=O)/C(CCSc3ccc(Cl)cc3)=N/P)cc2c2cc(C(=O)c3ccccc3)ccc21. The van der Waals surface area contributed by atoms with Gasteiger partial charge in [0.1, 0.15) is 0 Å². The number of aromatic nitrogens is 1. The molecule has 0 aliphatic carbocycles. The lowest BCUT2D eigenvalue weighted by atomic mass is 9.99. The molecule has 7 heteroatoms. The van der Waals surface area contributed by atoms with Crippen LogP contribution in [-0.4, -0.2) is 27.6 Å². The zero-order valence-corrected chi connectivity index (χ0v) is 23.6. The van der Waals surface area contributed by atoms with Crippen molar-refractivity contribution in [3.05, 3.63) is 113 Å². The molecule has 1 heterocycles. The second-order valence-electron chi connectivity index (χ2n) is 8.86. The molecule has 0 fully saturated rings. The maximum Gasteiger partial charge on any atom is 0.207 e. The molecular weight excluding hydrogens is 531 g/mol. The Morgan fingerprint density at radius 3 is 2.11 bits per heavy atom. The smallest absolute Gasteiger partial charge is 0.207 e. The van der Waals surface area contributed by atoms with Crippen LogP contribution in [0.25, 0.3) is 21.8 Å². The number of carbonyl (C=O) groups is 2. The molecular formula is C31H26ClN2O2PS. The van der Waals surface area contributed by atoms with Crippen LogP contribution in [0.15, 0.2) is 101 Å². The number of hydrogen-bond donors (Lipinski definition) is 0. The second-order valence-corrected chi connectivity index (χ2v) is 10.7. The molecule has 0 saturated carbocycles. The predicted octanol–water partition coefficient (Wildman–Crippen LogP) is 8.30. The van der Waals surface area contributed by atoms with Gasteiger partial charge in [0.15, 0.2) is 5.78 Å². The first kappa shape index (κ1) is 26.4. The van der Waals surface area contributed by atoms with Crippen molar-refractivity contribution in [1.29, 1.82) is 0 Å². The minimum atomic E-state index is -0.0903. The van der Waals surface area contributed by atoms with E-state index in [0.29, 0.717) is 33.8 Å². The Morgan fingerprint density at radius 1 is 0.842 bits per heavy atom. The fourth-order valence-electron chi connectivity index (χ4n) is 4.68. The molecule has 38 heavy (non-hydrogen) atoms. The van der Waals surface area contributed by atoms with Gasteiger partial charge in [0.25, 0.3) is 0 Å². The second kappa shape index (κ2) is 11.7. The molecule has 190 valence electrons. The topological polar surface area (TPSA) is 51.4 Å². The van der Waals surface area contributed by atoms with E-state index in [1.54, 1.807) is 11.8 Å². The largest absolute Gasteiger partial charge is 0.341 e. The lowest BCUT2D eigenvalue weighted by Gasteiger charge is -2.07. The monoisotopic (exact) mass is 556 g/mol. The van der Waals surface area contributed by atoms with Crippen molar-refractivity contribution >= 4 is 71.8 Å². The molecule has 1 unspecified atom stereocenters. The molecule has 5 aromatic rings. The summed E-state index contributed by atoms with van der Waals surface area (Å²) < 4.78 is 6.46. The summed E-state index contributed by atoms with van der Waals surface area (Å²) in [4.78, 5) is 27.7. The van der Waals surface area contributed by atoms with E-state index in [1.165, 1.54) is 0 Å². The number of nitrogens with zero attached hydrogens (tertiary/aromatic N) is 2. The molecule has 4 aromatic carbocycles. The lowest BCUT2D eigenvalue weighted by molar-refractivity contribution is 0.103. The van der Waals surface area contributed by atoms with Gasteiger partial charge in [-0.05, 0) is 77.0 Å². The number of ketones is 2. The number of Topliss-reactive ketones (excluding diaryl/α,β-unsaturated/α-hetero) is 1. The van der Waals surface area contributed by atoms with Crippen molar-refractivity contribution in [2.75, 3.05) is 5.75 Å². The number of carbonyl (C=O) groups excluding carboxylic acids is 2. The van der Waals surface area contributed by atoms with Crippen LogP contribution in [0.3, 0.4) is 0 Å². The molecule has 4 nitrogen and oxygen atoms in total. The van der Waals surface area contributed by atoms with Crippen LogP contribution in [0.2, 0.25) is 5.02 Å². The van der Waals surface area contributed by atoms with E-state index in [1.807, 2.05) is 91.0 Å². The summed E-state index contributed by atoms with van der Waals surface area (Å²) in [5.74, 6) is 0.614. The molecule has 1 atom stereocenters. The zero-order valence-electron chi connectivity index (χ0n) is 20.9. The maximum absolute atomic E-state index is 13.4. The average molecular weight is 557 g/mol. The van der Waals surface area contributed by atoms with Crippen LogP contribution >= 0.6 is 32.8 Å². The zero-order chi connectivity index (χ0) is 26.6. The lowest BCUT2D eigenvalue weighted by Crippen LogP contribution is -2.14. The first-order valence-electron chi connectivity index (χ1n) is 12.4. The van der Waals surface area contributed by atoms with E-state index >= 15 is 0 Å². The fourth-order valence-corrected chi connectivity index (χ4v) is 5.92. The number of fused-ring (bicyclic) bond motifs is 3. The van der Waals surface area contributed by atoms with Gasteiger partial charge < -0.3 is 4.57 Å². The minimum Gasteiger partial charge on any atom is -0.341 e. The number of aryl methyl sites for hydroxylation is 1. The van der Waals surface area contributed by atoms with E-state index < -0.39 is 0 Å². The maximum atomic E-state index is 13.4. The summed E-state index contributed by atoms with van der Waals surface area (Å²) in [6.45, 7) is 2.87. The summed E-state index contributed by atoms with van der Waals surface area (Å²) in [6, 6.07) is 28.6. The van der Waals surface area contributed by atoms with Crippen molar-refractivity contribution in [3.8, 4) is 0 Å². The summed E-state index contributed by atoms with van der Waals surface area (Å²) >= 11 is 7.64. The van der Waals surface area contributed by atoms with Gasteiger partial charge in [-0.15, -0.1) is 11.8 Å². The van der Waals surface area contributed by atoms with Crippen molar-refractivity contribution in [2.45, 2.75) is 24.8 Å². The Balaban J connectivity index is 1.45. The summed E-state index contributed by atoms with van der Waals surface area (Å²) in [7, 11) is 2.33. The van der Waals surface area contributed by atoms with Crippen LogP contribution in [0.5, 0.6) is 0 Å². The van der Waals surface area contributed by atoms with Crippen molar-refractivity contribution in [3.63, 3.8) is 0 Å². The van der Waals surface area contributed by atoms with E-state index in [4.69, 9.17) is 11.6 Å². The van der Waals surface area contributed by atoms with Gasteiger partial charge in [0.05, 0.1) is 5.71 Å². The molecule has 0 N–H and O–H groups in total. The molecule has 0 radical (unpaired) electrons. The number of benzene rings is 4. The number of thioether (sulfide) groups is 1. The number of rotatable bonds is 9. The minimum absolute atomic E-state index is 0.0206. The van der Waals surface area contributed by atoms with Crippen LogP contribution < -0.4 is 0 Å². The van der Waals surface area contributed by atoms with Gasteiger partial charge in [0, 0.05) is 67.1 Å². The van der Waals surface area contributed by atoms with Gasteiger partial charge in [-0.2, -0.15) is 0 Å². The van der Waals surface area contributed by atoms with Crippen LogP contribution in [0, 0.1) is 0 Å². The van der Waals surface area contributed by atoms with E-state index in [-0.39, 0.29) is 11.6 Å². The molecule has 0 aliphatic heterocycles. The third-order valence-electron chi connectivity index (χ3n) is 6.58.